The van der Waals surface area contributed by atoms with E-state index in [1.165, 1.54) is 28.1 Å². The molecule has 0 unspecified atom stereocenters. The van der Waals surface area contributed by atoms with Crippen LogP contribution in [0.25, 0.3) is 11.0 Å². The normalized spacial score (nSPS) is 15.7. The first-order valence-electron chi connectivity index (χ1n) is 11.1. The molecule has 2 heterocycles. The molecule has 0 amide bonds. The third kappa shape index (κ3) is 4.85. The van der Waals surface area contributed by atoms with Crippen LogP contribution in [0.1, 0.15) is 11.4 Å². The molecule has 1 aliphatic rings. The van der Waals surface area contributed by atoms with Crippen LogP contribution in [0, 0.1) is 0 Å². The lowest BCUT2D eigenvalue weighted by Gasteiger charge is -2.33. The van der Waals surface area contributed by atoms with E-state index in [2.05, 4.69) is 27.7 Å². The van der Waals surface area contributed by atoms with E-state index in [1.54, 1.807) is 0 Å². The van der Waals surface area contributed by atoms with Gasteiger partial charge in [0.1, 0.15) is 5.82 Å². The predicted molar refractivity (Wildman–Crippen MR) is 136 cm³/mol. The van der Waals surface area contributed by atoms with E-state index in [0.717, 1.165) is 23.4 Å². The molecule has 0 atom stereocenters. The Balaban J connectivity index is 1.33. The SMILES string of the molecule is O=S(=O)(c1cc(Cl)cc(Cl)c1)N1CCN(Cc2nc3ccccc3n2Cc2ccccc2)CC1. The van der Waals surface area contributed by atoms with Crippen molar-refractivity contribution in [2.75, 3.05) is 26.2 Å². The lowest BCUT2D eigenvalue weighted by molar-refractivity contribution is 0.176. The molecule has 5 rings (SSSR count). The van der Waals surface area contributed by atoms with E-state index in [0.29, 0.717) is 42.8 Å². The number of sulfonamides is 1. The van der Waals surface area contributed by atoms with Crippen molar-refractivity contribution in [1.29, 1.82) is 0 Å². The highest BCUT2D eigenvalue weighted by Gasteiger charge is 2.29. The Morgan fingerprint density at radius 2 is 1.44 bits per heavy atom. The highest BCUT2D eigenvalue weighted by atomic mass is 35.5. The molecule has 1 fully saturated rings. The summed E-state index contributed by atoms with van der Waals surface area (Å²) in [7, 11) is -3.66. The zero-order valence-corrected chi connectivity index (χ0v) is 20.8. The van der Waals surface area contributed by atoms with Gasteiger partial charge in [-0.3, -0.25) is 4.90 Å². The van der Waals surface area contributed by atoms with Crippen molar-refractivity contribution in [1.82, 2.24) is 18.8 Å². The maximum Gasteiger partial charge on any atom is 0.243 e. The molecule has 0 N–H and O–H groups in total. The second-order valence-corrected chi connectivity index (χ2v) is 11.2. The number of imidazole rings is 1. The average molecular weight is 515 g/mol. The number of para-hydroxylation sites is 2. The lowest BCUT2D eigenvalue weighted by atomic mass is 10.2. The van der Waals surface area contributed by atoms with Crippen LogP contribution in [0.4, 0.5) is 0 Å². The number of benzene rings is 3. The first-order chi connectivity index (χ1) is 16.4. The van der Waals surface area contributed by atoms with Gasteiger partial charge in [0.2, 0.25) is 10.0 Å². The minimum atomic E-state index is -3.66. The highest BCUT2D eigenvalue weighted by Crippen LogP contribution is 2.26. The molecule has 1 aromatic heterocycles. The van der Waals surface area contributed by atoms with E-state index in [4.69, 9.17) is 28.2 Å². The maximum atomic E-state index is 13.1. The molecule has 6 nitrogen and oxygen atoms in total. The van der Waals surface area contributed by atoms with Gasteiger partial charge in [0.15, 0.2) is 0 Å². The molecule has 9 heteroatoms. The summed E-state index contributed by atoms with van der Waals surface area (Å²) in [5.74, 6) is 0.975. The smallest absolute Gasteiger partial charge is 0.243 e. The standard InChI is InChI=1S/C25H24Cl2N4O2S/c26-20-14-21(27)16-22(15-20)34(32,33)30-12-10-29(11-13-30)18-25-28-23-8-4-5-9-24(23)31(25)17-19-6-2-1-3-7-19/h1-9,14-16H,10-13,17-18H2. The van der Waals surface area contributed by atoms with Gasteiger partial charge >= 0.3 is 0 Å². The number of fused-ring (bicyclic) bond motifs is 1. The molecule has 0 spiro atoms. The Bertz CT molecular complexity index is 1400. The summed E-state index contributed by atoms with van der Waals surface area (Å²) in [6.07, 6.45) is 0. The second kappa shape index (κ2) is 9.68. The van der Waals surface area contributed by atoms with Crippen molar-refractivity contribution in [3.05, 3.63) is 94.2 Å². The minimum absolute atomic E-state index is 0.128. The molecule has 0 aliphatic carbocycles. The fraction of sp³-hybridized carbons (Fsp3) is 0.240. The van der Waals surface area contributed by atoms with Crippen molar-refractivity contribution in [3.63, 3.8) is 0 Å². The van der Waals surface area contributed by atoms with E-state index in [9.17, 15) is 8.42 Å². The molecule has 1 saturated heterocycles. The largest absolute Gasteiger partial charge is 0.322 e. The lowest BCUT2D eigenvalue weighted by Crippen LogP contribution is -2.48. The highest BCUT2D eigenvalue weighted by molar-refractivity contribution is 7.89. The minimum Gasteiger partial charge on any atom is -0.322 e. The molecule has 34 heavy (non-hydrogen) atoms. The van der Waals surface area contributed by atoms with Gasteiger partial charge < -0.3 is 4.57 Å². The van der Waals surface area contributed by atoms with Crippen LogP contribution in [-0.2, 0) is 23.1 Å². The first-order valence-corrected chi connectivity index (χ1v) is 13.3. The fourth-order valence-electron chi connectivity index (χ4n) is 4.34. The Morgan fingerprint density at radius 3 is 2.15 bits per heavy atom. The van der Waals surface area contributed by atoms with E-state index < -0.39 is 10.0 Å². The summed E-state index contributed by atoms with van der Waals surface area (Å²) in [5.41, 5.74) is 3.27. The summed E-state index contributed by atoms with van der Waals surface area (Å²) < 4.78 is 30.0. The molecule has 1 aliphatic heterocycles. The summed E-state index contributed by atoms with van der Waals surface area (Å²) in [6.45, 7) is 3.40. The van der Waals surface area contributed by atoms with Gasteiger partial charge in [-0.05, 0) is 35.9 Å². The fourth-order valence-corrected chi connectivity index (χ4v) is 6.49. The van der Waals surface area contributed by atoms with Crippen molar-refractivity contribution < 1.29 is 8.42 Å². The molecular formula is C25H24Cl2N4O2S. The number of rotatable bonds is 6. The van der Waals surface area contributed by atoms with Gasteiger partial charge in [-0.1, -0.05) is 65.7 Å². The number of halogens is 2. The maximum absolute atomic E-state index is 13.1. The van der Waals surface area contributed by atoms with Crippen molar-refractivity contribution in [2.24, 2.45) is 0 Å². The third-order valence-electron chi connectivity index (χ3n) is 6.09. The van der Waals surface area contributed by atoms with Crippen LogP contribution in [0.15, 0.2) is 77.7 Å². The zero-order chi connectivity index (χ0) is 23.7. The first kappa shape index (κ1) is 23.3. The molecule has 176 valence electrons. The number of aromatic nitrogens is 2. The summed E-state index contributed by atoms with van der Waals surface area (Å²) in [4.78, 5) is 7.28. The molecular weight excluding hydrogens is 491 g/mol. The molecule has 0 bridgehead atoms. The van der Waals surface area contributed by atoms with Crippen LogP contribution < -0.4 is 0 Å². The van der Waals surface area contributed by atoms with Crippen LogP contribution in [0.3, 0.4) is 0 Å². The number of nitrogens with zero attached hydrogens (tertiary/aromatic N) is 4. The second-order valence-electron chi connectivity index (χ2n) is 8.37. The van der Waals surface area contributed by atoms with Gasteiger partial charge in [0.05, 0.1) is 22.5 Å². The Kier molecular flexibility index (Phi) is 6.64. The zero-order valence-electron chi connectivity index (χ0n) is 18.4. The monoisotopic (exact) mass is 514 g/mol. The Morgan fingerprint density at radius 1 is 0.794 bits per heavy atom. The van der Waals surface area contributed by atoms with Crippen LogP contribution in [-0.4, -0.2) is 53.4 Å². The Labute approximate surface area is 209 Å². The molecule has 0 radical (unpaired) electrons. The average Bonchev–Trinajstić information content (AvgIpc) is 3.16. The van der Waals surface area contributed by atoms with E-state index >= 15 is 0 Å². The van der Waals surface area contributed by atoms with Gasteiger partial charge in [-0.15, -0.1) is 0 Å². The van der Waals surface area contributed by atoms with Crippen molar-refractivity contribution >= 4 is 44.3 Å². The van der Waals surface area contributed by atoms with Gasteiger partial charge in [0.25, 0.3) is 0 Å². The number of hydrogen-bond acceptors (Lipinski definition) is 4. The van der Waals surface area contributed by atoms with Gasteiger partial charge in [0, 0.05) is 42.8 Å². The third-order valence-corrected chi connectivity index (χ3v) is 8.40. The summed E-state index contributed by atoms with van der Waals surface area (Å²) in [5, 5.41) is 0.615. The van der Waals surface area contributed by atoms with Crippen LogP contribution >= 0.6 is 23.2 Å². The van der Waals surface area contributed by atoms with E-state index in [1.807, 2.05) is 36.4 Å². The molecule has 4 aromatic rings. The Hall–Kier alpha value is -2.42. The van der Waals surface area contributed by atoms with Crippen LogP contribution in [0.5, 0.6) is 0 Å². The molecule has 0 saturated carbocycles. The number of hydrogen-bond donors (Lipinski definition) is 0. The van der Waals surface area contributed by atoms with Gasteiger partial charge in [-0.25, -0.2) is 13.4 Å². The summed E-state index contributed by atoms with van der Waals surface area (Å²) in [6, 6.07) is 22.9. The summed E-state index contributed by atoms with van der Waals surface area (Å²) >= 11 is 12.1. The van der Waals surface area contributed by atoms with Crippen molar-refractivity contribution in [2.45, 2.75) is 18.0 Å². The predicted octanol–water partition coefficient (Wildman–Crippen LogP) is 4.90. The van der Waals surface area contributed by atoms with E-state index in [-0.39, 0.29) is 4.90 Å². The van der Waals surface area contributed by atoms with Crippen molar-refractivity contribution in [3.8, 4) is 0 Å². The topological polar surface area (TPSA) is 58.4 Å². The quantitative estimate of drug-likeness (QED) is 0.367. The van der Waals surface area contributed by atoms with Gasteiger partial charge in [-0.2, -0.15) is 4.31 Å². The van der Waals surface area contributed by atoms with Crippen LogP contribution in [0.2, 0.25) is 10.0 Å². The molecule has 3 aromatic carbocycles. The number of piperazine rings is 1.